The molecule has 0 aliphatic heterocycles. The van der Waals surface area contributed by atoms with E-state index >= 15 is 0 Å². The fourth-order valence-corrected chi connectivity index (χ4v) is 3.67. The van der Waals surface area contributed by atoms with Crippen LogP contribution in [-0.4, -0.2) is 18.4 Å². The third kappa shape index (κ3) is 3.94. The Morgan fingerprint density at radius 1 is 1.29 bits per heavy atom. The van der Waals surface area contributed by atoms with Gasteiger partial charge in [0, 0.05) is 29.6 Å². The van der Waals surface area contributed by atoms with Crippen LogP contribution in [0, 0.1) is 0 Å². The van der Waals surface area contributed by atoms with Gasteiger partial charge < -0.3 is 16.4 Å². The number of nitrogens with one attached hydrogen (secondary N) is 2. The Morgan fingerprint density at radius 3 is 2.96 bits per heavy atom. The molecule has 1 aliphatic rings. The zero-order valence-corrected chi connectivity index (χ0v) is 14.2. The number of aryl methyl sites for hydroxylation is 1. The number of amides is 2. The van der Waals surface area contributed by atoms with Crippen molar-refractivity contribution in [3.8, 4) is 0 Å². The van der Waals surface area contributed by atoms with Gasteiger partial charge in [0.15, 0.2) is 0 Å². The first-order chi connectivity index (χ1) is 11.6. The highest BCUT2D eigenvalue weighted by Crippen LogP contribution is 2.30. The highest BCUT2D eigenvalue weighted by Gasteiger charge is 2.21. The van der Waals surface area contributed by atoms with E-state index in [-0.39, 0.29) is 24.3 Å². The van der Waals surface area contributed by atoms with Gasteiger partial charge in [-0.1, -0.05) is 6.07 Å². The monoisotopic (exact) mass is 343 g/mol. The predicted octanol–water partition coefficient (Wildman–Crippen LogP) is 2.64. The van der Waals surface area contributed by atoms with Crippen LogP contribution in [0.25, 0.3) is 0 Å². The lowest BCUT2D eigenvalue weighted by Crippen LogP contribution is -2.34. The maximum absolute atomic E-state index is 12.2. The average Bonchev–Trinajstić information content (AvgIpc) is 3.09. The second-order valence-corrected chi connectivity index (χ2v) is 6.77. The Bertz CT molecular complexity index is 728. The summed E-state index contributed by atoms with van der Waals surface area (Å²) in [6.45, 7) is 0.335. The van der Waals surface area contributed by atoms with Crippen molar-refractivity contribution in [3.05, 3.63) is 51.7 Å². The van der Waals surface area contributed by atoms with Crippen LogP contribution in [0.15, 0.2) is 35.0 Å². The summed E-state index contributed by atoms with van der Waals surface area (Å²) in [4.78, 5) is 24.0. The number of nitrogen functional groups attached to an aromatic ring is 1. The Labute approximate surface area is 145 Å². The SMILES string of the molecule is Nc1ccc2c(c1)CCCC2NC(=O)CCNC(=O)c1ccsc1. The van der Waals surface area contributed by atoms with Gasteiger partial charge >= 0.3 is 0 Å². The molecule has 3 rings (SSSR count). The Morgan fingerprint density at radius 2 is 2.17 bits per heavy atom. The van der Waals surface area contributed by atoms with Gasteiger partial charge in [0.05, 0.1) is 6.04 Å². The maximum Gasteiger partial charge on any atom is 0.252 e. The fourth-order valence-electron chi connectivity index (χ4n) is 3.04. The number of carbonyl (C=O) groups is 2. The van der Waals surface area contributed by atoms with Gasteiger partial charge in [-0.3, -0.25) is 9.59 Å². The summed E-state index contributed by atoms with van der Waals surface area (Å²) in [6.07, 6.45) is 3.25. The van der Waals surface area contributed by atoms with Gasteiger partial charge in [-0.25, -0.2) is 0 Å². The van der Waals surface area contributed by atoms with Crippen molar-refractivity contribution < 1.29 is 9.59 Å². The van der Waals surface area contributed by atoms with E-state index in [0.717, 1.165) is 30.5 Å². The summed E-state index contributed by atoms with van der Waals surface area (Å²) < 4.78 is 0. The summed E-state index contributed by atoms with van der Waals surface area (Å²) in [7, 11) is 0. The second kappa shape index (κ2) is 7.49. The first-order valence-electron chi connectivity index (χ1n) is 8.11. The van der Waals surface area contributed by atoms with E-state index in [4.69, 9.17) is 5.73 Å². The molecule has 2 aromatic rings. The number of thiophene rings is 1. The molecule has 1 aromatic heterocycles. The summed E-state index contributed by atoms with van der Waals surface area (Å²) in [5.41, 5.74) is 9.61. The molecular formula is C18H21N3O2S. The minimum absolute atomic E-state index is 0.0365. The van der Waals surface area contributed by atoms with Gasteiger partial charge in [-0.15, -0.1) is 0 Å². The standard InChI is InChI=1S/C18H21N3O2S/c19-14-4-5-15-12(10-14)2-1-3-16(15)21-17(22)6-8-20-18(23)13-7-9-24-11-13/h4-5,7,9-11,16H,1-3,6,8,19H2,(H,20,23)(H,21,22). The van der Waals surface area contributed by atoms with Crippen molar-refractivity contribution >= 4 is 28.8 Å². The summed E-state index contributed by atoms with van der Waals surface area (Å²) in [5.74, 6) is -0.183. The van der Waals surface area contributed by atoms with Gasteiger partial charge in [-0.2, -0.15) is 11.3 Å². The van der Waals surface area contributed by atoms with Crippen LogP contribution in [0.5, 0.6) is 0 Å². The van der Waals surface area contributed by atoms with E-state index in [9.17, 15) is 9.59 Å². The number of anilines is 1. The van der Waals surface area contributed by atoms with Crippen LogP contribution in [0.3, 0.4) is 0 Å². The first-order valence-corrected chi connectivity index (χ1v) is 9.06. The number of nitrogens with two attached hydrogens (primary N) is 1. The van der Waals surface area contributed by atoms with Gasteiger partial charge in [0.1, 0.15) is 0 Å². The molecule has 2 amide bonds. The van der Waals surface area contributed by atoms with E-state index in [1.54, 1.807) is 11.4 Å². The number of carbonyl (C=O) groups excluding carboxylic acids is 2. The molecule has 0 saturated heterocycles. The van der Waals surface area contributed by atoms with Crippen LogP contribution >= 0.6 is 11.3 Å². The van der Waals surface area contributed by atoms with Gasteiger partial charge in [-0.05, 0) is 54.0 Å². The summed E-state index contributed by atoms with van der Waals surface area (Å²) in [6, 6.07) is 7.69. The molecule has 0 saturated carbocycles. The zero-order chi connectivity index (χ0) is 16.9. The topological polar surface area (TPSA) is 84.2 Å². The molecule has 24 heavy (non-hydrogen) atoms. The van der Waals surface area contributed by atoms with Crippen LogP contribution in [0.1, 0.15) is 46.8 Å². The van der Waals surface area contributed by atoms with E-state index in [0.29, 0.717) is 12.1 Å². The molecule has 0 radical (unpaired) electrons. The van der Waals surface area contributed by atoms with Crippen LogP contribution < -0.4 is 16.4 Å². The minimum atomic E-state index is -0.137. The summed E-state index contributed by atoms with van der Waals surface area (Å²) >= 11 is 1.48. The second-order valence-electron chi connectivity index (χ2n) is 5.99. The lowest BCUT2D eigenvalue weighted by molar-refractivity contribution is -0.121. The molecule has 1 aromatic carbocycles. The highest BCUT2D eigenvalue weighted by atomic mass is 32.1. The van der Waals surface area contributed by atoms with E-state index < -0.39 is 0 Å². The number of fused-ring (bicyclic) bond motifs is 1. The van der Waals surface area contributed by atoms with Crippen LogP contribution in [0.2, 0.25) is 0 Å². The summed E-state index contributed by atoms with van der Waals surface area (Å²) in [5, 5.41) is 9.49. The number of hydrogen-bond acceptors (Lipinski definition) is 4. The molecule has 1 atom stereocenters. The third-order valence-corrected chi connectivity index (χ3v) is 4.92. The van der Waals surface area contributed by atoms with Crippen molar-refractivity contribution in [1.29, 1.82) is 0 Å². The molecule has 126 valence electrons. The van der Waals surface area contributed by atoms with E-state index in [2.05, 4.69) is 10.6 Å². The molecule has 0 spiro atoms. The molecular weight excluding hydrogens is 322 g/mol. The Kier molecular flexibility index (Phi) is 5.15. The predicted molar refractivity (Wildman–Crippen MR) is 95.9 cm³/mol. The lowest BCUT2D eigenvalue weighted by Gasteiger charge is -2.26. The van der Waals surface area contributed by atoms with Crippen molar-refractivity contribution in [2.75, 3.05) is 12.3 Å². The Balaban J connectivity index is 1.50. The molecule has 0 fully saturated rings. The van der Waals surface area contributed by atoms with Crippen molar-refractivity contribution in [1.82, 2.24) is 10.6 Å². The van der Waals surface area contributed by atoms with E-state index in [1.165, 1.54) is 16.9 Å². The lowest BCUT2D eigenvalue weighted by atomic mass is 9.87. The molecule has 5 nitrogen and oxygen atoms in total. The van der Waals surface area contributed by atoms with E-state index in [1.807, 2.05) is 23.6 Å². The largest absolute Gasteiger partial charge is 0.399 e. The first kappa shape index (κ1) is 16.5. The molecule has 4 N–H and O–H groups in total. The smallest absolute Gasteiger partial charge is 0.252 e. The number of hydrogen-bond donors (Lipinski definition) is 3. The normalized spacial score (nSPS) is 16.2. The zero-order valence-electron chi connectivity index (χ0n) is 13.4. The fraction of sp³-hybridized carbons (Fsp3) is 0.333. The molecule has 1 unspecified atom stereocenters. The van der Waals surface area contributed by atoms with Crippen molar-refractivity contribution in [3.63, 3.8) is 0 Å². The van der Waals surface area contributed by atoms with Crippen molar-refractivity contribution in [2.45, 2.75) is 31.7 Å². The quantitative estimate of drug-likeness (QED) is 0.730. The highest BCUT2D eigenvalue weighted by molar-refractivity contribution is 7.08. The van der Waals surface area contributed by atoms with Crippen LogP contribution in [0.4, 0.5) is 5.69 Å². The minimum Gasteiger partial charge on any atom is -0.399 e. The number of rotatable bonds is 5. The molecule has 1 heterocycles. The van der Waals surface area contributed by atoms with Gasteiger partial charge in [0.2, 0.25) is 5.91 Å². The molecule has 1 aliphatic carbocycles. The Hall–Kier alpha value is -2.34. The maximum atomic E-state index is 12.2. The third-order valence-electron chi connectivity index (χ3n) is 4.24. The van der Waals surface area contributed by atoms with Crippen molar-refractivity contribution in [2.24, 2.45) is 0 Å². The number of benzene rings is 1. The van der Waals surface area contributed by atoms with Crippen LogP contribution in [-0.2, 0) is 11.2 Å². The molecule has 6 heteroatoms. The van der Waals surface area contributed by atoms with Gasteiger partial charge in [0.25, 0.3) is 5.91 Å². The molecule has 0 bridgehead atoms. The average molecular weight is 343 g/mol.